The molecule has 2 aromatic heterocycles. The normalized spacial score (nSPS) is 15.5. The Morgan fingerprint density at radius 3 is 2.52 bits per heavy atom. The van der Waals surface area contributed by atoms with Gasteiger partial charge in [0.05, 0.1) is 10.6 Å². The van der Waals surface area contributed by atoms with Gasteiger partial charge in [-0.2, -0.15) is 12.7 Å². The van der Waals surface area contributed by atoms with Crippen molar-refractivity contribution in [1.82, 2.24) is 14.6 Å². The number of aromatic nitrogens is 1. The van der Waals surface area contributed by atoms with Crippen LogP contribution in [-0.4, -0.2) is 50.9 Å². The molecule has 0 spiro atoms. The lowest BCUT2D eigenvalue weighted by molar-refractivity contribution is 0.412. The molecule has 2 N–H and O–H groups in total. The van der Waals surface area contributed by atoms with E-state index in [1.165, 1.54) is 19.0 Å². The Labute approximate surface area is 191 Å². The zero-order chi connectivity index (χ0) is 21.8. The van der Waals surface area contributed by atoms with Gasteiger partial charge in [-0.3, -0.25) is 4.72 Å². The van der Waals surface area contributed by atoms with Crippen LogP contribution in [0.4, 0.5) is 11.4 Å². The molecule has 10 heteroatoms. The topological polar surface area (TPSA) is 77.6 Å². The van der Waals surface area contributed by atoms with E-state index in [2.05, 4.69) is 37.8 Å². The third-order valence-corrected chi connectivity index (χ3v) is 8.70. The van der Waals surface area contributed by atoms with E-state index in [0.717, 1.165) is 53.2 Å². The number of nitrogens with zero attached hydrogens (tertiary/aromatic N) is 3. The summed E-state index contributed by atoms with van der Waals surface area (Å²) in [4.78, 5) is 8.32. The maximum atomic E-state index is 11.9. The fourth-order valence-electron chi connectivity index (χ4n) is 3.47. The van der Waals surface area contributed by atoms with Gasteiger partial charge in [0, 0.05) is 56.5 Å². The minimum atomic E-state index is -3.48. The van der Waals surface area contributed by atoms with Crippen LogP contribution in [-0.2, 0) is 16.8 Å². The fraction of sp³-hybridized carbons (Fsp3) is 0.381. The van der Waals surface area contributed by atoms with E-state index in [0.29, 0.717) is 11.7 Å². The molecule has 0 amide bonds. The summed E-state index contributed by atoms with van der Waals surface area (Å²) in [5.74, 6) is 0. The summed E-state index contributed by atoms with van der Waals surface area (Å²) in [5, 5.41) is 8.97. The largest absolute Gasteiger partial charge is 0.371 e. The number of rotatable bonds is 8. The van der Waals surface area contributed by atoms with Gasteiger partial charge >= 0.3 is 10.2 Å². The molecule has 4 rings (SSSR count). The van der Waals surface area contributed by atoms with Crippen LogP contribution in [0.2, 0.25) is 0 Å². The van der Waals surface area contributed by atoms with Gasteiger partial charge in [0.2, 0.25) is 0 Å². The molecular weight excluding hydrogens is 450 g/mol. The number of thiazole rings is 1. The fourth-order valence-corrected chi connectivity index (χ4v) is 5.72. The molecule has 1 saturated heterocycles. The Kier molecular flexibility index (Phi) is 6.92. The summed E-state index contributed by atoms with van der Waals surface area (Å²) in [5.41, 5.74) is 2.79. The van der Waals surface area contributed by atoms with E-state index in [1.807, 2.05) is 24.3 Å². The number of benzene rings is 1. The smallest absolute Gasteiger partial charge is 0.301 e. The number of thiophene rings is 1. The molecule has 0 unspecified atom stereocenters. The summed E-state index contributed by atoms with van der Waals surface area (Å²) in [6.45, 7) is 2.74. The van der Waals surface area contributed by atoms with Gasteiger partial charge in [-0.05, 0) is 48.6 Å². The first-order valence-corrected chi connectivity index (χ1v) is 13.4. The second-order valence-electron chi connectivity index (χ2n) is 7.70. The lowest BCUT2D eigenvalue weighted by Crippen LogP contribution is -2.42. The first kappa shape index (κ1) is 22.2. The van der Waals surface area contributed by atoms with Crippen LogP contribution in [0.3, 0.4) is 0 Å². The molecule has 1 aliphatic rings. The highest BCUT2D eigenvalue weighted by molar-refractivity contribution is 7.90. The molecule has 31 heavy (non-hydrogen) atoms. The van der Waals surface area contributed by atoms with Crippen molar-refractivity contribution in [3.63, 3.8) is 0 Å². The Hall–Kier alpha value is -1.98. The quantitative estimate of drug-likeness (QED) is 0.515. The van der Waals surface area contributed by atoms with Crippen molar-refractivity contribution in [3.8, 4) is 9.88 Å². The molecule has 166 valence electrons. The summed E-state index contributed by atoms with van der Waals surface area (Å²) < 4.78 is 27.6. The first-order valence-electron chi connectivity index (χ1n) is 10.2. The predicted molar refractivity (Wildman–Crippen MR) is 130 cm³/mol. The summed E-state index contributed by atoms with van der Waals surface area (Å²) >= 11 is 3.43. The molecule has 1 aliphatic heterocycles. The SMILES string of the molecule is CN(C)S(=O)(=O)Nc1ccc(N2CCC(NCc3csc(-c4cccs4)n3)CC2)cc1. The van der Waals surface area contributed by atoms with E-state index < -0.39 is 10.2 Å². The van der Waals surface area contributed by atoms with Crippen LogP contribution in [0.5, 0.6) is 0 Å². The highest BCUT2D eigenvalue weighted by Crippen LogP contribution is 2.28. The number of hydrogen-bond acceptors (Lipinski definition) is 7. The number of hydrogen-bond donors (Lipinski definition) is 2. The molecule has 0 aliphatic carbocycles. The summed E-state index contributed by atoms with van der Waals surface area (Å²) in [6.07, 6.45) is 2.13. The zero-order valence-electron chi connectivity index (χ0n) is 17.6. The number of piperidine rings is 1. The van der Waals surface area contributed by atoms with E-state index in [9.17, 15) is 8.42 Å². The molecule has 0 saturated carbocycles. The number of anilines is 2. The maximum Gasteiger partial charge on any atom is 0.301 e. The van der Waals surface area contributed by atoms with Crippen LogP contribution < -0.4 is 14.9 Å². The van der Waals surface area contributed by atoms with Gasteiger partial charge in [0.25, 0.3) is 0 Å². The van der Waals surface area contributed by atoms with Crippen LogP contribution in [0.15, 0.2) is 47.2 Å². The lowest BCUT2D eigenvalue weighted by Gasteiger charge is -2.34. The van der Waals surface area contributed by atoms with Crippen molar-refractivity contribution in [2.24, 2.45) is 0 Å². The van der Waals surface area contributed by atoms with Crippen LogP contribution >= 0.6 is 22.7 Å². The molecule has 3 heterocycles. The van der Waals surface area contributed by atoms with E-state index in [-0.39, 0.29) is 0 Å². The average molecular weight is 478 g/mol. The second-order valence-corrected chi connectivity index (χ2v) is 11.4. The van der Waals surface area contributed by atoms with Gasteiger partial charge in [0.15, 0.2) is 0 Å². The molecule has 0 radical (unpaired) electrons. The first-order chi connectivity index (χ1) is 14.9. The summed E-state index contributed by atoms with van der Waals surface area (Å²) in [7, 11) is -0.467. The predicted octanol–water partition coefficient (Wildman–Crippen LogP) is 3.85. The van der Waals surface area contributed by atoms with Crippen molar-refractivity contribution in [2.75, 3.05) is 36.8 Å². The molecule has 1 fully saturated rings. The highest BCUT2D eigenvalue weighted by atomic mass is 32.2. The second kappa shape index (κ2) is 9.66. The van der Waals surface area contributed by atoms with Gasteiger partial charge in [-0.1, -0.05) is 6.07 Å². The Balaban J connectivity index is 1.25. The zero-order valence-corrected chi connectivity index (χ0v) is 20.1. The molecular formula is C21H27N5O2S3. The van der Waals surface area contributed by atoms with E-state index in [1.54, 1.807) is 22.7 Å². The Bertz CT molecular complexity index is 1070. The van der Waals surface area contributed by atoms with Crippen molar-refractivity contribution < 1.29 is 8.42 Å². The standard InChI is InChI=1S/C21H27N5O2S3/c1-25(2)31(27,28)24-17-5-7-19(8-6-17)26-11-9-16(10-12-26)22-14-18-15-30-21(23-18)20-4-3-13-29-20/h3-8,13,15-16,22,24H,9-12,14H2,1-2H3. The van der Waals surface area contributed by atoms with Gasteiger partial charge in [-0.25, -0.2) is 4.98 Å². The Morgan fingerprint density at radius 2 is 1.87 bits per heavy atom. The third-order valence-electron chi connectivity index (χ3n) is 5.31. The maximum absolute atomic E-state index is 11.9. The molecule has 3 aromatic rings. The molecule has 7 nitrogen and oxygen atoms in total. The highest BCUT2D eigenvalue weighted by Gasteiger charge is 2.20. The van der Waals surface area contributed by atoms with E-state index in [4.69, 9.17) is 4.98 Å². The summed E-state index contributed by atoms with van der Waals surface area (Å²) in [6, 6.07) is 12.2. The van der Waals surface area contributed by atoms with E-state index >= 15 is 0 Å². The minimum absolute atomic E-state index is 0.481. The number of nitrogens with one attached hydrogen (secondary N) is 2. The molecule has 0 bridgehead atoms. The average Bonchev–Trinajstić information content (AvgIpc) is 3.45. The Morgan fingerprint density at radius 1 is 1.13 bits per heavy atom. The van der Waals surface area contributed by atoms with Crippen molar-refractivity contribution in [1.29, 1.82) is 0 Å². The third kappa shape index (κ3) is 5.64. The monoisotopic (exact) mass is 477 g/mol. The van der Waals surface area contributed by atoms with Crippen molar-refractivity contribution in [2.45, 2.75) is 25.4 Å². The van der Waals surface area contributed by atoms with Crippen LogP contribution in [0.1, 0.15) is 18.5 Å². The van der Waals surface area contributed by atoms with Crippen molar-refractivity contribution >= 4 is 44.3 Å². The van der Waals surface area contributed by atoms with Gasteiger partial charge < -0.3 is 10.2 Å². The van der Waals surface area contributed by atoms with Crippen LogP contribution in [0, 0.1) is 0 Å². The van der Waals surface area contributed by atoms with Crippen LogP contribution in [0.25, 0.3) is 9.88 Å². The van der Waals surface area contributed by atoms with Gasteiger partial charge in [0.1, 0.15) is 5.01 Å². The van der Waals surface area contributed by atoms with Crippen molar-refractivity contribution in [3.05, 3.63) is 52.9 Å². The van der Waals surface area contributed by atoms with Gasteiger partial charge in [-0.15, -0.1) is 22.7 Å². The molecule has 0 atom stereocenters. The minimum Gasteiger partial charge on any atom is -0.371 e. The molecule has 1 aromatic carbocycles. The lowest BCUT2D eigenvalue weighted by atomic mass is 10.0.